The highest BCUT2D eigenvalue weighted by atomic mass is 19.1. The molecule has 1 heterocycles. The Labute approximate surface area is 194 Å². The van der Waals surface area contributed by atoms with E-state index in [0.717, 1.165) is 27.6 Å². The van der Waals surface area contributed by atoms with E-state index in [-0.39, 0.29) is 30.8 Å². The first-order valence-corrected chi connectivity index (χ1v) is 10.6. The number of aliphatic carboxylic acids is 1. The van der Waals surface area contributed by atoms with Crippen molar-refractivity contribution >= 4 is 22.8 Å². The molecule has 3 aromatic carbocycles. The van der Waals surface area contributed by atoms with Gasteiger partial charge in [0.25, 0.3) is 0 Å². The molecule has 0 aliphatic carbocycles. The summed E-state index contributed by atoms with van der Waals surface area (Å²) in [7, 11) is 0. The van der Waals surface area contributed by atoms with Crippen LogP contribution in [0.4, 0.5) is 4.39 Å². The Morgan fingerprint density at radius 1 is 1.06 bits per heavy atom. The monoisotopic (exact) mass is 462 g/mol. The summed E-state index contributed by atoms with van der Waals surface area (Å²) >= 11 is 0. The number of halogens is 1. The predicted octanol–water partition coefficient (Wildman–Crippen LogP) is 4.20. The van der Waals surface area contributed by atoms with Crippen LogP contribution in [0.1, 0.15) is 27.0 Å². The van der Waals surface area contributed by atoms with Crippen molar-refractivity contribution in [3.63, 3.8) is 0 Å². The molecule has 0 radical (unpaired) electrons. The van der Waals surface area contributed by atoms with Gasteiger partial charge in [0.15, 0.2) is 6.30 Å². The third-order valence-electron chi connectivity index (χ3n) is 5.37. The third-order valence-corrected chi connectivity index (χ3v) is 5.37. The lowest BCUT2D eigenvalue weighted by Gasteiger charge is -2.13. The highest BCUT2D eigenvalue weighted by Gasteiger charge is 2.14. The Morgan fingerprint density at radius 3 is 2.62 bits per heavy atom. The van der Waals surface area contributed by atoms with E-state index in [0.29, 0.717) is 11.1 Å². The van der Waals surface area contributed by atoms with Crippen LogP contribution >= 0.6 is 0 Å². The topological polar surface area (TPSA) is 129 Å². The number of carboxylic acids is 1. The fourth-order valence-electron chi connectivity index (χ4n) is 3.85. The van der Waals surface area contributed by atoms with Crippen molar-refractivity contribution in [3.05, 3.63) is 89.2 Å². The second-order valence-electron chi connectivity index (χ2n) is 7.95. The summed E-state index contributed by atoms with van der Waals surface area (Å²) in [6.07, 6.45) is -0.0268. The molecule has 0 bridgehead atoms. The van der Waals surface area contributed by atoms with Crippen LogP contribution in [0.15, 0.2) is 71.3 Å². The minimum atomic E-state index is -1.45. The van der Waals surface area contributed by atoms with Crippen LogP contribution < -0.4 is 16.2 Å². The lowest BCUT2D eigenvalue weighted by atomic mass is 9.98. The number of benzene rings is 3. The van der Waals surface area contributed by atoms with E-state index >= 15 is 0 Å². The van der Waals surface area contributed by atoms with Gasteiger partial charge in [-0.3, -0.25) is 9.59 Å². The first-order chi connectivity index (χ1) is 16.3. The lowest BCUT2D eigenvalue weighted by molar-refractivity contribution is -0.136. The number of amides is 1. The number of hydrogen-bond donors (Lipinski definition) is 3. The molecule has 7 nitrogen and oxygen atoms in total. The number of ether oxygens (including phenoxy) is 1. The summed E-state index contributed by atoms with van der Waals surface area (Å²) in [4.78, 5) is 22.8. The van der Waals surface area contributed by atoms with Crippen molar-refractivity contribution in [2.24, 2.45) is 11.5 Å². The lowest BCUT2D eigenvalue weighted by Crippen LogP contribution is -2.15. The van der Waals surface area contributed by atoms with Crippen LogP contribution in [0.2, 0.25) is 0 Å². The second-order valence-corrected chi connectivity index (χ2v) is 7.95. The molecule has 0 fully saturated rings. The molecule has 4 aromatic rings. The normalized spacial score (nSPS) is 11.9. The highest BCUT2D eigenvalue weighted by molar-refractivity contribution is 5.94. The van der Waals surface area contributed by atoms with Gasteiger partial charge in [-0.15, -0.1) is 0 Å². The van der Waals surface area contributed by atoms with Gasteiger partial charge in [0.1, 0.15) is 17.9 Å². The number of rotatable bonds is 9. The minimum absolute atomic E-state index is 0.0977. The van der Waals surface area contributed by atoms with E-state index in [1.807, 2.05) is 42.5 Å². The fourth-order valence-corrected chi connectivity index (χ4v) is 3.85. The standard InChI is InChI=1S/C26H23FN2O5/c27-23(28)11-15-2-1-3-17(8-15)21-10-16(9-19-6-7-33-25(19)21)14-34-22-12-20(26(29)32)5-4-18(22)13-24(30)31/h1-10,12,23H,11,13-14,28H2,(H2,29,32)(H,30,31)/t23-/m1/s1. The average Bonchev–Trinajstić information content (AvgIpc) is 3.25. The number of carbonyl (C=O) groups excluding carboxylic acids is 1. The molecule has 5 N–H and O–H groups in total. The summed E-state index contributed by atoms with van der Waals surface area (Å²) in [5.74, 6) is -1.39. The number of primary amides is 1. The van der Waals surface area contributed by atoms with Gasteiger partial charge in [0, 0.05) is 28.5 Å². The molecular weight excluding hydrogens is 439 g/mol. The number of carboxylic acid groups (broad SMARTS) is 1. The maximum absolute atomic E-state index is 13.3. The molecule has 0 saturated carbocycles. The number of hydrogen-bond acceptors (Lipinski definition) is 5. The van der Waals surface area contributed by atoms with Gasteiger partial charge in [0.2, 0.25) is 5.91 Å². The molecule has 0 spiro atoms. The maximum atomic E-state index is 13.3. The SMILES string of the molecule is NC(=O)c1ccc(CC(=O)O)c(OCc2cc(-c3cccc(C[C@@H](N)F)c3)c3occc3c2)c1. The predicted molar refractivity (Wildman–Crippen MR) is 125 cm³/mol. The van der Waals surface area contributed by atoms with E-state index in [4.69, 9.17) is 20.6 Å². The van der Waals surface area contributed by atoms with Gasteiger partial charge in [-0.25, -0.2) is 4.39 Å². The Kier molecular flexibility index (Phi) is 6.60. The van der Waals surface area contributed by atoms with Crippen molar-refractivity contribution in [1.29, 1.82) is 0 Å². The minimum Gasteiger partial charge on any atom is -0.489 e. The zero-order chi connectivity index (χ0) is 24.2. The molecule has 0 aliphatic heterocycles. The fraction of sp³-hybridized carbons (Fsp3) is 0.154. The van der Waals surface area contributed by atoms with Crippen LogP contribution in [0, 0.1) is 0 Å². The van der Waals surface area contributed by atoms with E-state index < -0.39 is 18.2 Å². The van der Waals surface area contributed by atoms with Crippen molar-refractivity contribution in [1.82, 2.24) is 0 Å². The van der Waals surface area contributed by atoms with E-state index in [1.165, 1.54) is 18.2 Å². The Balaban J connectivity index is 1.68. The number of fused-ring (bicyclic) bond motifs is 1. The smallest absolute Gasteiger partial charge is 0.307 e. The van der Waals surface area contributed by atoms with Gasteiger partial charge in [-0.1, -0.05) is 30.3 Å². The summed E-state index contributed by atoms with van der Waals surface area (Å²) < 4.78 is 24.9. The average molecular weight is 462 g/mol. The zero-order valence-electron chi connectivity index (χ0n) is 18.2. The molecule has 0 unspecified atom stereocenters. The van der Waals surface area contributed by atoms with Gasteiger partial charge in [0.05, 0.1) is 12.7 Å². The van der Waals surface area contributed by atoms with Crippen LogP contribution in [-0.2, 0) is 24.2 Å². The first kappa shape index (κ1) is 23.0. The van der Waals surface area contributed by atoms with E-state index in [2.05, 4.69) is 0 Å². The highest BCUT2D eigenvalue weighted by Crippen LogP contribution is 2.32. The summed E-state index contributed by atoms with van der Waals surface area (Å²) in [6, 6.07) is 17.5. The number of furan rings is 1. The van der Waals surface area contributed by atoms with Crippen molar-refractivity contribution < 1.29 is 28.2 Å². The van der Waals surface area contributed by atoms with E-state index in [9.17, 15) is 19.1 Å². The zero-order valence-corrected chi connectivity index (χ0v) is 18.2. The van der Waals surface area contributed by atoms with Crippen LogP contribution in [0.3, 0.4) is 0 Å². The molecule has 4 rings (SSSR count). The van der Waals surface area contributed by atoms with Crippen molar-refractivity contribution in [2.45, 2.75) is 25.7 Å². The third kappa shape index (κ3) is 5.24. The van der Waals surface area contributed by atoms with Gasteiger partial charge in [-0.2, -0.15) is 0 Å². The number of nitrogens with two attached hydrogens (primary N) is 2. The Morgan fingerprint density at radius 2 is 1.88 bits per heavy atom. The number of alkyl halides is 1. The van der Waals surface area contributed by atoms with Gasteiger partial charge < -0.3 is 25.7 Å². The quantitative estimate of drug-likeness (QED) is 0.320. The molecular formula is C26H23FN2O5. The summed E-state index contributed by atoms with van der Waals surface area (Å²) in [6.45, 7) is 0.109. The van der Waals surface area contributed by atoms with Crippen LogP contribution in [-0.4, -0.2) is 23.3 Å². The van der Waals surface area contributed by atoms with Crippen molar-refractivity contribution in [3.8, 4) is 16.9 Å². The molecule has 1 atom stereocenters. The van der Waals surface area contributed by atoms with Crippen LogP contribution in [0.5, 0.6) is 5.75 Å². The number of carbonyl (C=O) groups is 2. The molecule has 8 heteroatoms. The summed E-state index contributed by atoms with van der Waals surface area (Å²) in [5.41, 5.74) is 15.2. The Hall–Kier alpha value is -4.17. The molecule has 174 valence electrons. The van der Waals surface area contributed by atoms with Crippen molar-refractivity contribution in [2.75, 3.05) is 0 Å². The maximum Gasteiger partial charge on any atom is 0.307 e. The van der Waals surface area contributed by atoms with E-state index in [1.54, 1.807) is 6.26 Å². The van der Waals surface area contributed by atoms with Gasteiger partial charge in [-0.05, 0) is 47.0 Å². The molecule has 0 saturated heterocycles. The molecule has 34 heavy (non-hydrogen) atoms. The largest absolute Gasteiger partial charge is 0.489 e. The molecule has 1 aromatic heterocycles. The molecule has 0 aliphatic rings. The summed E-state index contributed by atoms with van der Waals surface area (Å²) in [5, 5.41) is 10.0. The van der Waals surface area contributed by atoms with Gasteiger partial charge >= 0.3 is 5.97 Å². The second kappa shape index (κ2) is 9.76. The Bertz CT molecular complexity index is 1360. The van der Waals surface area contributed by atoms with Crippen LogP contribution in [0.25, 0.3) is 22.1 Å². The first-order valence-electron chi connectivity index (χ1n) is 10.6. The molecule has 1 amide bonds.